The number of rotatable bonds is 2. The van der Waals surface area contributed by atoms with Crippen molar-refractivity contribution in [2.45, 2.75) is 39.4 Å². The molecule has 1 aliphatic heterocycles. The number of benzene rings is 1. The van der Waals surface area contributed by atoms with Crippen LogP contribution in [0.5, 0.6) is 0 Å². The second-order valence-corrected chi connectivity index (χ2v) is 7.34. The lowest BCUT2D eigenvalue weighted by Gasteiger charge is -2.41. The molecule has 1 aromatic heterocycles. The zero-order valence-electron chi connectivity index (χ0n) is 14.6. The number of halogens is 2. The van der Waals surface area contributed by atoms with Gasteiger partial charge in [-0.1, -0.05) is 22.8 Å². The Morgan fingerprint density at radius 2 is 2.16 bits per heavy atom. The molecule has 5 nitrogen and oxygen atoms in total. The molecular formula is C18H20ClFN2O3. The molecule has 0 aliphatic carbocycles. The summed E-state index contributed by atoms with van der Waals surface area (Å²) in [5, 5.41) is 4.08. The highest BCUT2D eigenvalue weighted by molar-refractivity contribution is 6.33. The third kappa shape index (κ3) is 3.41. The van der Waals surface area contributed by atoms with Gasteiger partial charge >= 0.3 is 0 Å². The molecule has 0 radical (unpaired) electrons. The van der Waals surface area contributed by atoms with Gasteiger partial charge in [-0.2, -0.15) is 0 Å². The summed E-state index contributed by atoms with van der Waals surface area (Å²) in [6, 6.07) is 4.33. The quantitative estimate of drug-likeness (QED) is 0.803. The minimum absolute atomic E-state index is 0.0740. The van der Waals surface area contributed by atoms with Crippen LogP contribution in [0.15, 0.2) is 22.7 Å². The maximum Gasteiger partial charge on any atom is 0.259 e. The Balaban J connectivity index is 2.04. The van der Waals surface area contributed by atoms with Crippen molar-refractivity contribution in [3.63, 3.8) is 0 Å². The van der Waals surface area contributed by atoms with E-state index in [9.17, 15) is 9.18 Å². The van der Waals surface area contributed by atoms with Crippen LogP contribution in [0.25, 0.3) is 11.3 Å². The Hall–Kier alpha value is -1.92. The van der Waals surface area contributed by atoms with Crippen LogP contribution >= 0.6 is 11.6 Å². The number of amides is 1. The van der Waals surface area contributed by atoms with Gasteiger partial charge in [0.2, 0.25) is 0 Å². The topological polar surface area (TPSA) is 55.6 Å². The molecule has 25 heavy (non-hydrogen) atoms. The van der Waals surface area contributed by atoms with E-state index in [0.717, 1.165) is 0 Å². The first-order valence-corrected chi connectivity index (χ1v) is 8.45. The lowest BCUT2D eigenvalue weighted by Crippen LogP contribution is -2.53. The van der Waals surface area contributed by atoms with Gasteiger partial charge in [0.05, 0.1) is 22.3 Å². The van der Waals surface area contributed by atoms with E-state index < -0.39 is 11.4 Å². The van der Waals surface area contributed by atoms with Crippen LogP contribution in [0.2, 0.25) is 5.02 Å². The Morgan fingerprint density at radius 1 is 1.44 bits per heavy atom. The summed E-state index contributed by atoms with van der Waals surface area (Å²) < 4.78 is 25.3. The van der Waals surface area contributed by atoms with Crippen LogP contribution < -0.4 is 0 Å². The molecule has 0 unspecified atom stereocenters. The normalized spacial score (nSPS) is 19.9. The predicted molar refractivity (Wildman–Crippen MR) is 92.2 cm³/mol. The summed E-state index contributed by atoms with van der Waals surface area (Å²) in [6.07, 6.45) is -0.103. The van der Waals surface area contributed by atoms with Crippen LogP contribution in [0.1, 0.15) is 36.9 Å². The number of aryl methyl sites for hydroxylation is 1. The molecule has 1 amide bonds. The zero-order valence-corrected chi connectivity index (χ0v) is 15.4. The number of hydrogen-bond acceptors (Lipinski definition) is 4. The maximum absolute atomic E-state index is 14.3. The fourth-order valence-electron chi connectivity index (χ4n) is 3.29. The molecule has 134 valence electrons. The van der Waals surface area contributed by atoms with Crippen molar-refractivity contribution >= 4 is 17.5 Å². The van der Waals surface area contributed by atoms with Gasteiger partial charge in [-0.25, -0.2) is 4.39 Å². The SMILES string of the molecule is Cc1onc(-c2c(F)cccc2Cl)c1C(=O)N1C[C@@H](C)OC(C)(C)C1. The molecule has 7 heteroatoms. The largest absolute Gasteiger partial charge is 0.369 e. The second kappa shape index (κ2) is 6.42. The van der Waals surface area contributed by atoms with E-state index >= 15 is 0 Å². The number of carbonyl (C=O) groups excluding carboxylic acids is 1. The number of carbonyl (C=O) groups is 1. The number of hydrogen-bond donors (Lipinski definition) is 0. The van der Waals surface area contributed by atoms with E-state index in [0.29, 0.717) is 18.8 Å². The zero-order chi connectivity index (χ0) is 18.4. The monoisotopic (exact) mass is 366 g/mol. The molecule has 0 bridgehead atoms. The first-order valence-electron chi connectivity index (χ1n) is 8.07. The van der Waals surface area contributed by atoms with Gasteiger partial charge in [-0.15, -0.1) is 0 Å². The van der Waals surface area contributed by atoms with E-state index in [4.69, 9.17) is 20.9 Å². The molecule has 1 fully saturated rings. The average Bonchev–Trinajstić information content (AvgIpc) is 2.86. The van der Waals surface area contributed by atoms with Gasteiger partial charge in [0.1, 0.15) is 22.8 Å². The van der Waals surface area contributed by atoms with E-state index in [1.807, 2.05) is 20.8 Å². The third-order valence-electron chi connectivity index (χ3n) is 4.13. The van der Waals surface area contributed by atoms with Gasteiger partial charge in [0.15, 0.2) is 0 Å². The van der Waals surface area contributed by atoms with Crippen LogP contribution in [0, 0.1) is 12.7 Å². The number of aromatic nitrogens is 1. The molecule has 3 rings (SSSR count). The Kier molecular flexibility index (Phi) is 4.60. The molecule has 1 aromatic carbocycles. The summed E-state index contributed by atoms with van der Waals surface area (Å²) in [4.78, 5) is 14.8. The number of nitrogens with zero attached hydrogens (tertiary/aromatic N) is 2. The standard InChI is InChI=1S/C18H20ClFN2O3/c1-10-8-22(9-18(3,4)24-10)17(23)14-11(2)25-21-16(14)15-12(19)6-5-7-13(15)20/h5-7,10H,8-9H2,1-4H3/t10-/m1/s1. The van der Waals surface area contributed by atoms with E-state index in [-0.39, 0.29) is 33.9 Å². The van der Waals surface area contributed by atoms with Crippen molar-refractivity contribution in [3.8, 4) is 11.3 Å². The second-order valence-electron chi connectivity index (χ2n) is 6.93. The first-order chi connectivity index (χ1) is 11.7. The van der Waals surface area contributed by atoms with Crippen molar-refractivity contribution in [2.24, 2.45) is 0 Å². The number of ether oxygens (including phenoxy) is 1. The Bertz CT molecular complexity index is 798. The molecule has 2 aromatic rings. The smallest absolute Gasteiger partial charge is 0.259 e. The highest BCUT2D eigenvalue weighted by atomic mass is 35.5. The van der Waals surface area contributed by atoms with Crippen LogP contribution in [0.4, 0.5) is 4.39 Å². The van der Waals surface area contributed by atoms with Gasteiger partial charge in [0.25, 0.3) is 5.91 Å². The lowest BCUT2D eigenvalue weighted by molar-refractivity contribution is -0.118. The summed E-state index contributed by atoms with van der Waals surface area (Å²) in [6.45, 7) is 8.27. The molecule has 1 aliphatic rings. The summed E-state index contributed by atoms with van der Waals surface area (Å²) in [5.74, 6) is -0.488. The number of morpholine rings is 1. The Morgan fingerprint density at radius 3 is 2.80 bits per heavy atom. The van der Waals surface area contributed by atoms with Gasteiger partial charge < -0.3 is 14.2 Å². The molecule has 1 saturated heterocycles. The molecule has 0 saturated carbocycles. The molecule has 0 N–H and O–H groups in total. The maximum atomic E-state index is 14.3. The van der Waals surface area contributed by atoms with Gasteiger partial charge in [-0.3, -0.25) is 4.79 Å². The molecule has 0 spiro atoms. The van der Waals surface area contributed by atoms with Gasteiger partial charge in [0, 0.05) is 13.1 Å². The highest BCUT2D eigenvalue weighted by Gasteiger charge is 2.37. The van der Waals surface area contributed by atoms with E-state index in [2.05, 4.69) is 5.16 Å². The molecule has 1 atom stereocenters. The predicted octanol–water partition coefficient (Wildman–Crippen LogP) is 4.08. The molecule has 2 heterocycles. The van der Waals surface area contributed by atoms with E-state index in [1.165, 1.54) is 12.1 Å². The third-order valence-corrected chi connectivity index (χ3v) is 4.45. The summed E-state index contributed by atoms with van der Waals surface area (Å²) >= 11 is 6.14. The lowest BCUT2D eigenvalue weighted by atomic mass is 10.0. The summed E-state index contributed by atoms with van der Waals surface area (Å²) in [5.41, 5.74) is -0.0295. The first kappa shape index (κ1) is 17.9. The van der Waals surface area contributed by atoms with Crippen molar-refractivity contribution < 1.29 is 18.4 Å². The fraction of sp³-hybridized carbons (Fsp3) is 0.444. The minimum Gasteiger partial charge on any atom is -0.369 e. The van der Waals surface area contributed by atoms with E-state index in [1.54, 1.807) is 17.9 Å². The van der Waals surface area contributed by atoms with Crippen molar-refractivity contribution in [1.82, 2.24) is 10.1 Å². The Labute approximate surface area is 150 Å². The minimum atomic E-state index is -0.550. The van der Waals surface area contributed by atoms with Crippen molar-refractivity contribution in [2.75, 3.05) is 13.1 Å². The summed E-state index contributed by atoms with van der Waals surface area (Å²) in [7, 11) is 0. The fourth-order valence-corrected chi connectivity index (χ4v) is 3.54. The van der Waals surface area contributed by atoms with Crippen molar-refractivity contribution in [3.05, 3.63) is 40.4 Å². The van der Waals surface area contributed by atoms with Crippen LogP contribution in [-0.2, 0) is 4.74 Å². The highest BCUT2D eigenvalue weighted by Crippen LogP contribution is 2.34. The molecular weight excluding hydrogens is 347 g/mol. The van der Waals surface area contributed by atoms with Crippen LogP contribution in [0.3, 0.4) is 0 Å². The van der Waals surface area contributed by atoms with Crippen LogP contribution in [-0.4, -0.2) is 40.8 Å². The van der Waals surface area contributed by atoms with Crippen molar-refractivity contribution in [1.29, 1.82) is 0 Å². The van der Waals surface area contributed by atoms with Gasteiger partial charge in [-0.05, 0) is 39.8 Å². The average molecular weight is 367 g/mol.